The Balaban J connectivity index is 2.03. The number of aryl methyl sites for hydroxylation is 1. The summed E-state index contributed by atoms with van der Waals surface area (Å²) in [5, 5.41) is 6.72. The lowest BCUT2D eigenvalue weighted by molar-refractivity contribution is 0.0779. The zero-order valence-electron chi connectivity index (χ0n) is 9.44. The second kappa shape index (κ2) is 4.61. The number of likely N-dealkylation sites (tertiary alicyclic amines) is 1. The topological polar surface area (TPSA) is 87.9 Å². The Labute approximate surface area is 94.2 Å². The highest BCUT2D eigenvalue weighted by molar-refractivity contribution is 5.90. The maximum atomic E-state index is 11.9. The zero-order chi connectivity index (χ0) is 11.5. The van der Waals surface area contributed by atoms with E-state index in [4.69, 9.17) is 5.73 Å². The van der Waals surface area contributed by atoms with Gasteiger partial charge >= 0.3 is 0 Å². The van der Waals surface area contributed by atoms with E-state index in [0.717, 1.165) is 25.1 Å². The van der Waals surface area contributed by atoms with Crippen LogP contribution in [-0.2, 0) is 6.42 Å². The van der Waals surface area contributed by atoms with Gasteiger partial charge in [-0.2, -0.15) is 0 Å². The van der Waals surface area contributed by atoms with Gasteiger partial charge in [0.1, 0.15) is 5.82 Å². The SMILES string of the molecule is CCCc1nc(C(=O)N2CCC(N)C2)n[nH]1. The van der Waals surface area contributed by atoms with Crippen LogP contribution in [0, 0.1) is 0 Å². The van der Waals surface area contributed by atoms with Crippen LogP contribution < -0.4 is 5.73 Å². The first-order chi connectivity index (χ1) is 7.70. The molecule has 16 heavy (non-hydrogen) atoms. The van der Waals surface area contributed by atoms with Crippen molar-refractivity contribution in [2.75, 3.05) is 13.1 Å². The summed E-state index contributed by atoms with van der Waals surface area (Å²) >= 11 is 0. The molecule has 6 nitrogen and oxygen atoms in total. The van der Waals surface area contributed by atoms with Crippen molar-refractivity contribution < 1.29 is 4.79 Å². The molecule has 0 bridgehead atoms. The maximum Gasteiger partial charge on any atom is 0.293 e. The molecule has 1 amide bonds. The largest absolute Gasteiger partial charge is 0.334 e. The van der Waals surface area contributed by atoms with Crippen molar-refractivity contribution in [2.24, 2.45) is 5.73 Å². The molecule has 1 aromatic rings. The highest BCUT2D eigenvalue weighted by atomic mass is 16.2. The minimum Gasteiger partial charge on any atom is -0.334 e. The molecule has 2 heterocycles. The molecule has 1 aromatic heterocycles. The molecule has 1 unspecified atom stereocenters. The van der Waals surface area contributed by atoms with Crippen LogP contribution in [0.4, 0.5) is 0 Å². The number of aromatic nitrogens is 3. The fourth-order valence-corrected chi connectivity index (χ4v) is 1.85. The molecule has 0 saturated carbocycles. The summed E-state index contributed by atoms with van der Waals surface area (Å²) in [6.45, 7) is 3.37. The molecule has 88 valence electrons. The molecule has 3 N–H and O–H groups in total. The minimum absolute atomic E-state index is 0.0954. The number of carbonyl (C=O) groups is 1. The standard InChI is InChI=1S/C10H17N5O/c1-2-3-8-12-9(14-13-8)10(16)15-5-4-7(11)6-15/h7H,2-6,11H2,1H3,(H,12,13,14). The van der Waals surface area contributed by atoms with Crippen LogP contribution in [0.25, 0.3) is 0 Å². The summed E-state index contributed by atoms with van der Waals surface area (Å²) < 4.78 is 0. The molecule has 0 aliphatic carbocycles. The highest BCUT2D eigenvalue weighted by Crippen LogP contribution is 2.10. The van der Waals surface area contributed by atoms with Crippen LogP contribution in [0.1, 0.15) is 36.2 Å². The molecule has 0 radical (unpaired) electrons. The van der Waals surface area contributed by atoms with Gasteiger partial charge in [-0.3, -0.25) is 9.89 Å². The summed E-state index contributed by atoms with van der Waals surface area (Å²) in [7, 11) is 0. The van der Waals surface area contributed by atoms with Gasteiger partial charge in [-0.05, 0) is 12.8 Å². The molecule has 1 fully saturated rings. The van der Waals surface area contributed by atoms with Crippen LogP contribution in [0.2, 0.25) is 0 Å². The molecule has 0 aromatic carbocycles. The quantitative estimate of drug-likeness (QED) is 0.750. The van der Waals surface area contributed by atoms with Crippen LogP contribution in [0.15, 0.2) is 0 Å². The number of aromatic amines is 1. The van der Waals surface area contributed by atoms with Gasteiger partial charge in [0.15, 0.2) is 0 Å². The third kappa shape index (κ3) is 2.21. The van der Waals surface area contributed by atoms with Crippen molar-refractivity contribution in [3.63, 3.8) is 0 Å². The molecular formula is C10H17N5O. The second-order valence-corrected chi connectivity index (χ2v) is 4.16. The monoisotopic (exact) mass is 223 g/mol. The summed E-state index contributed by atoms with van der Waals surface area (Å²) in [4.78, 5) is 17.8. The Morgan fingerprint density at radius 1 is 1.69 bits per heavy atom. The predicted octanol–water partition coefficient (Wildman–Crippen LogP) is -0.0696. The first-order valence-electron chi connectivity index (χ1n) is 5.67. The Morgan fingerprint density at radius 2 is 2.50 bits per heavy atom. The second-order valence-electron chi connectivity index (χ2n) is 4.16. The third-order valence-electron chi connectivity index (χ3n) is 2.72. The van der Waals surface area contributed by atoms with Gasteiger partial charge in [-0.15, -0.1) is 5.10 Å². The lowest BCUT2D eigenvalue weighted by Crippen LogP contribution is -2.32. The van der Waals surface area contributed by atoms with Crippen molar-refractivity contribution in [1.29, 1.82) is 0 Å². The molecule has 1 saturated heterocycles. The van der Waals surface area contributed by atoms with E-state index in [9.17, 15) is 4.79 Å². The fraction of sp³-hybridized carbons (Fsp3) is 0.700. The first kappa shape index (κ1) is 11.1. The Hall–Kier alpha value is -1.43. The molecule has 1 aliphatic heterocycles. The van der Waals surface area contributed by atoms with Crippen LogP contribution in [0.5, 0.6) is 0 Å². The number of carbonyl (C=O) groups excluding carboxylic acids is 1. The fourth-order valence-electron chi connectivity index (χ4n) is 1.85. The molecule has 6 heteroatoms. The zero-order valence-corrected chi connectivity index (χ0v) is 9.44. The first-order valence-corrected chi connectivity index (χ1v) is 5.67. The van der Waals surface area contributed by atoms with E-state index in [1.807, 2.05) is 0 Å². The van der Waals surface area contributed by atoms with Crippen molar-refractivity contribution in [3.8, 4) is 0 Å². The maximum absolute atomic E-state index is 11.9. The summed E-state index contributed by atoms with van der Waals surface area (Å²) in [6.07, 6.45) is 2.66. The number of rotatable bonds is 3. The van der Waals surface area contributed by atoms with Crippen molar-refractivity contribution in [3.05, 3.63) is 11.6 Å². The lowest BCUT2D eigenvalue weighted by Gasteiger charge is -2.12. The number of H-pyrrole nitrogens is 1. The highest BCUT2D eigenvalue weighted by Gasteiger charge is 2.26. The van der Waals surface area contributed by atoms with E-state index in [-0.39, 0.29) is 17.8 Å². The van der Waals surface area contributed by atoms with Gasteiger partial charge < -0.3 is 10.6 Å². The van der Waals surface area contributed by atoms with Crippen LogP contribution in [0.3, 0.4) is 0 Å². The molecular weight excluding hydrogens is 206 g/mol. The number of nitrogens with two attached hydrogens (primary N) is 1. The van der Waals surface area contributed by atoms with Gasteiger partial charge in [-0.25, -0.2) is 4.98 Å². The van der Waals surface area contributed by atoms with Crippen molar-refractivity contribution >= 4 is 5.91 Å². The van der Waals surface area contributed by atoms with E-state index < -0.39 is 0 Å². The summed E-state index contributed by atoms with van der Waals surface area (Å²) in [5.41, 5.74) is 5.75. The smallest absolute Gasteiger partial charge is 0.293 e. The van der Waals surface area contributed by atoms with Crippen LogP contribution in [-0.4, -0.2) is 45.1 Å². The molecule has 2 rings (SSSR count). The Morgan fingerprint density at radius 3 is 3.12 bits per heavy atom. The van der Waals surface area contributed by atoms with E-state index in [1.165, 1.54) is 0 Å². The minimum atomic E-state index is -0.119. The predicted molar refractivity (Wildman–Crippen MR) is 58.9 cm³/mol. The number of nitrogens with one attached hydrogen (secondary N) is 1. The Bertz CT molecular complexity index is 375. The lowest BCUT2D eigenvalue weighted by atomic mass is 10.3. The Kier molecular flexibility index (Phi) is 3.19. The number of hydrogen-bond acceptors (Lipinski definition) is 4. The molecule has 1 atom stereocenters. The van der Waals surface area contributed by atoms with Crippen LogP contribution >= 0.6 is 0 Å². The van der Waals surface area contributed by atoms with Gasteiger partial charge in [0, 0.05) is 25.6 Å². The molecule has 0 spiro atoms. The van der Waals surface area contributed by atoms with Crippen molar-refractivity contribution in [1.82, 2.24) is 20.1 Å². The van der Waals surface area contributed by atoms with Crippen molar-refractivity contribution in [2.45, 2.75) is 32.2 Å². The van der Waals surface area contributed by atoms with Gasteiger partial charge in [0.05, 0.1) is 0 Å². The van der Waals surface area contributed by atoms with E-state index in [0.29, 0.717) is 13.1 Å². The number of hydrogen-bond donors (Lipinski definition) is 2. The third-order valence-corrected chi connectivity index (χ3v) is 2.72. The van der Waals surface area contributed by atoms with Gasteiger partial charge in [0.2, 0.25) is 5.82 Å². The van der Waals surface area contributed by atoms with E-state index in [1.54, 1.807) is 4.90 Å². The normalized spacial score (nSPS) is 20.4. The average Bonchev–Trinajstić information content (AvgIpc) is 2.87. The average molecular weight is 223 g/mol. The van der Waals surface area contributed by atoms with Gasteiger partial charge in [0.25, 0.3) is 5.91 Å². The van der Waals surface area contributed by atoms with E-state index in [2.05, 4.69) is 22.1 Å². The van der Waals surface area contributed by atoms with E-state index >= 15 is 0 Å². The summed E-state index contributed by atoms with van der Waals surface area (Å²) in [5.74, 6) is 0.915. The van der Waals surface area contributed by atoms with Gasteiger partial charge in [-0.1, -0.05) is 6.92 Å². The number of amides is 1. The molecule has 1 aliphatic rings. The number of nitrogens with zero attached hydrogens (tertiary/aromatic N) is 3. The summed E-state index contributed by atoms with van der Waals surface area (Å²) in [6, 6.07) is 0.0954.